The maximum atomic E-state index is 5.41. The Balaban J connectivity index is 0.844. The minimum absolute atomic E-state index is 0.579. The molecule has 1 aliphatic rings. The standard InChI is InChI=1S/C98H63N9/c1-7-27-62(28-8-1)70-51-71(63-29-9-2-10-30-63)55-78(54-70)107-89-60-74(72-52-76(58-79(56-72)105-85-43-23-19-39-81(85)82-40-20-24-44-86(82)105)97-101-93(64-31-11-3-12-32-64)99-94(102-97)65-33-13-4-14-34-65)49-68-47-48-69-50-75(61-90(107)92(69)91(68)89)73-53-77(59-80(57-73)106-87-45-25-21-41-83(87)84-42-22-26-46-88(84)106)98-103-95(66-35-15-5-16-36-66)100-96(104-98)67-37-17-6-18-38-67/h1-46,49-61H,47-48H2. The fourth-order valence-electron chi connectivity index (χ4n) is 16.4. The zero-order chi connectivity index (χ0) is 70.5. The van der Waals surface area contributed by atoms with Crippen molar-refractivity contribution in [3.8, 4) is 130 Å². The first kappa shape index (κ1) is 61.4. The first-order valence-electron chi connectivity index (χ1n) is 36.4. The molecule has 20 aromatic rings. The molecule has 9 heteroatoms. The number of aromatic nitrogens is 9. The van der Waals surface area contributed by atoms with Crippen LogP contribution in [0.1, 0.15) is 11.1 Å². The second-order valence-corrected chi connectivity index (χ2v) is 27.7. The van der Waals surface area contributed by atoms with Gasteiger partial charge in [0.05, 0.1) is 33.1 Å². The van der Waals surface area contributed by atoms with E-state index < -0.39 is 0 Å². The molecule has 0 spiro atoms. The van der Waals surface area contributed by atoms with Gasteiger partial charge >= 0.3 is 0 Å². The molecule has 5 aromatic heterocycles. The van der Waals surface area contributed by atoms with Gasteiger partial charge in [0.1, 0.15) is 0 Å². The van der Waals surface area contributed by atoms with E-state index in [0.29, 0.717) is 34.9 Å². The summed E-state index contributed by atoms with van der Waals surface area (Å²) in [6.45, 7) is 0. The molecule has 0 radical (unpaired) electrons. The number of hydrogen-bond acceptors (Lipinski definition) is 6. The summed E-state index contributed by atoms with van der Waals surface area (Å²) in [6.07, 6.45) is 1.63. The number of hydrogen-bond donors (Lipinski definition) is 0. The molecule has 0 amide bonds. The van der Waals surface area contributed by atoms with Gasteiger partial charge < -0.3 is 13.7 Å². The van der Waals surface area contributed by atoms with Crippen LogP contribution in [0, 0.1) is 0 Å². The highest BCUT2D eigenvalue weighted by atomic mass is 15.1. The van der Waals surface area contributed by atoms with Crippen LogP contribution in [0.5, 0.6) is 0 Å². The summed E-state index contributed by atoms with van der Waals surface area (Å²) in [7, 11) is 0. The van der Waals surface area contributed by atoms with Crippen molar-refractivity contribution >= 4 is 65.4 Å². The molecule has 500 valence electrons. The number of rotatable bonds is 13. The van der Waals surface area contributed by atoms with Gasteiger partial charge in [0.2, 0.25) is 0 Å². The zero-order valence-electron chi connectivity index (χ0n) is 58.0. The lowest BCUT2D eigenvalue weighted by atomic mass is 9.87. The molecule has 107 heavy (non-hydrogen) atoms. The Morgan fingerprint density at radius 3 is 0.682 bits per heavy atom. The molecule has 0 aliphatic heterocycles. The molecule has 0 bridgehead atoms. The number of fused-ring (bicyclic) bond motifs is 6. The van der Waals surface area contributed by atoms with E-state index >= 15 is 0 Å². The summed E-state index contributed by atoms with van der Waals surface area (Å²) >= 11 is 0. The molecule has 1 aliphatic carbocycles. The van der Waals surface area contributed by atoms with Crippen molar-refractivity contribution in [3.63, 3.8) is 0 Å². The molecule has 0 saturated heterocycles. The van der Waals surface area contributed by atoms with Crippen molar-refractivity contribution in [2.45, 2.75) is 12.8 Å². The fourth-order valence-corrected chi connectivity index (χ4v) is 16.4. The number of benzene rings is 15. The van der Waals surface area contributed by atoms with Gasteiger partial charge in [0.25, 0.3) is 0 Å². The molecule has 9 nitrogen and oxygen atoms in total. The van der Waals surface area contributed by atoms with Gasteiger partial charge in [0.15, 0.2) is 34.9 Å². The molecular formula is C98H63N9. The Morgan fingerprint density at radius 1 is 0.168 bits per heavy atom. The van der Waals surface area contributed by atoms with Crippen LogP contribution < -0.4 is 0 Å². The maximum Gasteiger partial charge on any atom is 0.164 e. The third kappa shape index (κ3) is 10.7. The minimum Gasteiger partial charge on any atom is -0.309 e. The lowest BCUT2D eigenvalue weighted by Gasteiger charge is -2.18. The van der Waals surface area contributed by atoms with Gasteiger partial charge in [-0.15, -0.1) is 0 Å². The molecular weight excluding hydrogens is 1300 g/mol. The molecule has 5 heterocycles. The largest absolute Gasteiger partial charge is 0.309 e. The molecule has 15 aromatic carbocycles. The van der Waals surface area contributed by atoms with Crippen molar-refractivity contribution in [1.82, 2.24) is 43.6 Å². The summed E-state index contributed by atoms with van der Waals surface area (Å²) in [6, 6.07) is 128. The average Bonchev–Trinajstić information content (AvgIpc) is 1.56. The second kappa shape index (κ2) is 25.3. The highest BCUT2D eigenvalue weighted by Crippen LogP contribution is 2.48. The topological polar surface area (TPSA) is 92.1 Å². The van der Waals surface area contributed by atoms with Crippen LogP contribution in [0.25, 0.3) is 195 Å². The van der Waals surface area contributed by atoms with Crippen LogP contribution >= 0.6 is 0 Å². The van der Waals surface area contributed by atoms with Crippen molar-refractivity contribution in [3.05, 3.63) is 369 Å². The SMILES string of the molecule is c1ccc(-c2cc(-c3ccccc3)cc(-n3c4cc(-c5cc(-c6nc(-c7ccccc7)nc(-c7ccccc7)n6)cc(-n6c7ccccc7c7ccccc76)c5)cc5c4c4c(cc(-c6cc(-c7nc(-c8ccccc8)nc(-c8ccccc8)n7)cc(-n7c8ccccc8c8ccccc87)c6)cc43)CC5)c2)cc1. The van der Waals surface area contributed by atoms with Gasteiger partial charge in [0, 0.05) is 82.8 Å². The molecule has 21 rings (SSSR count). The Bertz CT molecular complexity index is 6270. The third-order valence-electron chi connectivity index (χ3n) is 21.3. The van der Waals surface area contributed by atoms with E-state index in [1.807, 2.05) is 72.8 Å². The quantitative estimate of drug-likeness (QED) is 0.114. The van der Waals surface area contributed by atoms with Crippen molar-refractivity contribution in [2.24, 2.45) is 0 Å². The van der Waals surface area contributed by atoms with Gasteiger partial charge in [-0.3, -0.25) is 0 Å². The van der Waals surface area contributed by atoms with E-state index in [-0.39, 0.29) is 0 Å². The van der Waals surface area contributed by atoms with Crippen LogP contribution in [0.4, 0.5) is 0 Å². The molecule has 0 fully saturated rings. The van der Waals surface area contributed by atoms with Gasteiger partial charge in [-0.25, -0.2) is 29.9 Å². The predicted molar refractivity (Wildman–Crippen MR) is 438 cm³/mol. The maximum absolute atomic E-state index is 5.41. The summed E-state index contributed by atoms with van der Waals surface area (Å²) in [5.74, 6) is 3.57. The fraction of sp³-hybridized carbons (Fsp3) is 0.0204. The first-order chi connectivity index (χ1) is 53.0. The number of para-hydroxylation sites is 4. The van der Waals surface area contributed by atoms with Gasteiger partial charge in [-0.1, -0.05) is 267 Å². The Morgan fingerprint density at radius 2 is 0.383 bits per heavy atom. The van der Waals surface area contributed by atoms with Crippen LogP contribution in [-0.4, -0.2) is 43.6 Å². The summed E-state index contributed by atoms with van der Waals surface area (Å²) < 4.78 is 7.39. The first-order valence-corrected chi connectivity index (χ1v) is 36.4. The highest BCUT2D eigenvalue weighted by Gasteiger charge is 2.28. The van der Waals surface area contributed by atoms with E-state index in [4.69, 9.17) is 29.9 Å². The Labute approximate surface area is 617 Å². The lowest BCUT2D eigenvalue weighted by molar-refractivity contribution is 0.970. The van der Waals surface area contributed by atoms with Crippen LogP contribution in [0.3, 0.4) is 0 Å². The lowest BCUT2D eigenvalue weighted by Crippen LogP contribution is -2.02. The van der Waals surface area contributed by atoms with E-state index in [9.17, 15) is 0 Å². The molecule has 0 unspecified atom stereocenters. The molecule has 0 N–H and O–H groups in total. The van der Waals surface area contributed by atoms with E-state index in [1.54, 1.807) is 0 Å². The number of aryl methyl sites for hydroxylation is 2. The Hall–Kier alpha value is -14.3. The minimum atomic E-state index is 0.579. The number of nitrogens with zero attached hydrogens (tertiary/aromatic N) is 9. The molecule has 0 atom stereocenters. The average molecular weight is 1370 g/mol. The van der Waals surface area contributed by atoms with Gasteiger partial charge in [-0.2, -0.15) is 0 Å². The summed E-state index contributed by atoms with van der Waals surface area (Å²) in [5, 5.41) is 7.24. The summed E-state index contributed by atoms with van der Waals surface area (Å²) in [5.41, 5.74) is 26.4. The van der Waals surface area contributed by atoms with Crippen LogP contribution in [0.2, 0.25) is 0 Å². The van der Waals surface area contributed by atoms with Crippen molar-refractivity contribution in [1.29, 1.82) is 0 Å². The monoisotopic (exact) mass is 1370 g/mol. The molecule has 0 saturated carbocycles. The van der Waals surface area contributed by atoms with Crippen molar-refractivity contribution in [2.75, 3.05) is 0 Å². The third-order valence-corrected chi connectivity index (χ3v) is 21.3. The highest BCUT2D eigenvalue weighted by molar-refractivity contribution is 6.16. The summed E-state index contributed by atoms with van der Waals surface area (Å²) in [4.78, 5) is 32.0. The normalized spacial score (nSPS) is 12.0. The second-order valence-electron chi connectivity index (χ2n) is 27.7. The Kier molecular flexibility index (Phi) is 14.5. The zero-order valence-corrected chi connectivity index (χ0v) is 58.0. The predicted octanol–water partition coefficient (Wildman–Crippen LogP) is 24.1. The smallest absolute Gasteiger partial charge is 0.164 e. The van der Waals surface area contributed by atoms with Crippen LogP contribution in [-0.2, 0) is 12.8 Å². The van der Waals surface area contributed by atoms with Crippen LogP contribution in [0.15, 0.2) is 358 Å². The van der Waals surface area contributed by atoms with Gasteiger partial charge in [-0.05, 0) is 159 Å². The van der Waals surface area contributed by atoms with E-state index in [1.165, 1.54) is 43.4 Å². The van der Waals surface area contributed by atoms with E-state index in [0.717, 1.165) is 141 Å². The van der Waals surface area contributed by atoms with Crippen molar-refractivity contribution < 1.29 is 0 Å². The van der Waals surface area contributed by atoms with E-state index in [2.05, 4.69) is 299 Å².